The molecule has 16 rings (SSSR count). The van der Waals surface area contributed by atoms with E-state index in [0.717, 1.165) is 133 Å². The summed E-state index contributed by atoms with van der Waals surface area (Å²) >= 11 is 0. The Morgan fingerprint density at radius 3 is 1.15 bits per heavy atom. The Morgan fingerprint density at radius 2 is 0.786 bits per heavy atom. The second-order valence-corrected chi connectivity index (χ2v) is 52.9. The molecule has 16 aliphatic rings. The molecule has 131 heavy (non-hydrogen) atoms. The summed E-state index contributed by atoms with van der Waals surface area (Å²) in [6.07, 6.45) is 29.4. The molecule has 0 aromatic carbocycles. The zero-order valence-electron chi connectivity index (χ0n) is 98.4. The molecule has 15 fully saturated rings. The number of allylic oxidation sites excluding steroid dienone is 4. The molecule has 18 heteroatoms. The van der Waals surface area contributed by atoms with Crippen LogP contribution < -0.4 is 29.6 Å². The van der Waals surface area contributed by atoms with Gasteiger partial charge in [-0.05, 0) is 418 Å². The predicted octanol–water partition coefficient (Wildman–Crippen LogP) is 22.0. The number of aliphatic hydroxyl groups excluding tert-OH is 3. The van der Waals surface area contributed by atoms with Gasteiger partial charge in [0.05, 0.1) is 46.8 Å². The molecule has 0 aromatic rings. The van der Waals surface area contributed by atoms with Crippen molar-refractivity contribution in [2.75, 3.05) is 21.3 Å². The molecular weight excluding hydrogens is 1660 g/mol. The summed E-state index contributed by atoms with van der Waals surface area (Å²) in [5.74, 6) is 4.76. The van der Waals surface area contributed by atoms with Crippen molar-refractivity contribution in [3.63, 3.8) is 0 Å². The molecule has 0 radical (unpaired) electrons. The van der Waals surface area contributed by atoms with Crippen molar-refractivity contribution < 1.29 is 119 Å². The van der Waals surface area contributed by atoms with Crippen LogP contribution in [-0.4, -0.2) is 123 Å². The van der Waals surface area contributed by atoms with Gasteiger partial charge in [-0.1, -0.05) is 154 Å². The van der Waals surface area contributed by atoms with Crippen molar-refractivity contribution in [2.45, 2.75) is 422 Å². The Morgan fingerprint density at radius 1 is 0.466 bits per heavy atom. The Hall–Kier alpha value is -2.67. The van der Waals surface area contributed by atoms with Gasteiger partial charge in [0, 0.05) is 76.3 Å². The van der Waals surface area contributed by atoms with Crippen molar-refractivity contribution in [1.29, 1.82) is 5.34 Å². The fourth-order valence-corrected chi connectivity index (χ4v) is 36.1. The van der Waals surface area contributed by atoms with Crippen LogP contribution in [0.25, 0.3) is 0 Å². The van der Waals surface area contributed by atoms with Gasteiger partial charge in [0.1, 0.15) is 11.6 Å². The van der Waals surface area contributed by atoms with Crippen LogP contribution >= 0.6 is 0 Å². The summed E-state index contributed by atoms with van der Waals surface area (Å²) in [6, 6.07) is -0.514. The first-order chi connectivity index (χ1) is 65.6. The number of hydrogen-bond donors (Lipinski definition) is 4. The minimum atomic E-state index is -3.00. The molecule has 0 spiro atoms. The van der Waals surface area contributed by atoms with Crippen molar-refractivity contribution >= 4 is 57.8 Å². The number of carbonyl (C=O) groups is 7. The molecule has 16 aliphatic carbocycles. The number of aliphatic carboxylic acids is 1. The van der Waals surface area contributed by atoms with Crippen LogP contribution in [0.4, 0.5) is 0 Å². The van der Waals surface area contributed by atoms with Crippen LogP contribution in [0, 0.1) is 203 Å². The first-order valence-electron chi connectivity index (χ1n) is 59.1. The van der Waals surface area contributed by atoms with E-state index in [-0.39, 0.29) is 216 Å². The molecule has 0 amide bonds. The molecule has 15 nitrogen and oxygen atoms in total. The van der Waals surface area contributed by atoms with E-state index in [0.29, 0.717) is 128 Å². The fourth-order valence-electron chi connectivity index (χ4n) is 35.2. The van der Waals surface area contributed by atoms with E-state index in [1.165, 1.54) is 72.0 Å². The summed E-state index contributed by atoms with van der Waals surface area (Å²) in [6.45, 7) is 29.6. The van der Waals surface area contributed by atoms with E-state index in [1.54, 1.807) is 0 Å². The third-order valence-electron chi connectivity index (χ3n) is 41.9. The van der Waals surface area contributed by atoms with Gasteiger partial charge in [-0.2, -0.15) is 0 Å². The van der Waals surface area contributed by atoms with Crippen molar-refractivity contribution in [3.8, 4) is 0 Å². The van der Waals surface area contributed by atoms with Gasteiger partial charge < -0.3 is 39.1 Å². The van der Waals surface area contributed by atoms with Crippen LogP contribution in [0.1, 0.15) is 401 Å². The molecule has 748 valence electrons. The molecule has 18 unspecified atom stereocenters. The van der Waals surface area contributed by atoms with Crippen molar-refractivity contribution in [1.82, 2.24) is 0 Å². The van der Waals surface area contributed by atoms with Crippen molar-refractivity contribution in [2.24, 2.45) is 203 Å². The summed E-state index contributed by atoms with van der Waals surface area (Å²) in [7, 11) is -0.329. The Kier molecular flexibility index (Phi) is 31.7. The zero-order chi connectivity index (χ0) is 106. The van der Waals surface area contributed by atoms with E-state index < -0.39 is 92.1 Å². The van der Waals surface area contributed by atoms with Gasteiger partial charge in [-0.25, -0.2) is 5.34 Å². The number of carbonyl (C=O) groups excluding carboxylic acids is 6. The van der Waals surface area contributed by atoms with Crippen LogP contribution in [-0.2, 0) is 52.2 Å². The van der Waals surface area contributed by atoms with E-state index in [9.17, 15) is 48.9 Å². The summed E-state index contributed by atoms with van der Waals surface area (Å²) in [4.78, 5) is 89.1. The van der Waals surface area contributed by atoms with Crippen LogP contribution in [0.5, 0.6) is 0 Å². The number of hydrogen-bond acceptors (Lipinski definition) is 14. The number of aliphatic hydroxyl groups is 3. The second-order valence-electron chi connectivity index (χ2n) is 48.5. The smallest absolute Gasteiger partial charge is 0.547 e. The normalized spacial score (nSPS) is 47.3. The maximum atomic E-state index is 14.3. The number of carboxylic acid groups (broad SMARTS) is 1. The Bertz CT molecular complexity index is 4530. The third kappa shape index (κ3) is 21.3. The third-order valence-corrected chi connectivity index (χ3v) is 42.8. The summed E-state index contributed by atoms with van der Waals surface area (Å²) in [5.41, 5.74) is 0.129. The van der Waals surface area contributed by atoms with Crippen LogP contribution in [0.15, 0.2) is 23.5 Å². The second kappa shape index (κ2) is 45.1. The van der Waals surface area contributed by atoms with E-state index in [2.05, 4.69) is 116 Å². The first-order valence-corrected chi connectivity index (χ1v) is 54.1. The summed E-state index contributed by atoms with van der Waals surface area (Å²) < 4.78 is 143. The van der Waals surface area contributed by atoms with Gasteiger partial charge >= 0.3 is 53.4 Å². The number of rotatable bonds is 20. The number of methoxy groups -OCH3 is 3. The monoisotopic (exact) mass is 1870 g/mol. The molecule has 40 atom stereocenters. The molecule has 0 heterocycles. The van der Waals surface area contributed by atoms with E-state index in [1.807, 2.05) is 0 Å². The zero-order valence-corrected chi connectivity index (χ0v) is 85.4. The minimum absolute atomic E-state index is 0. The molecule has 4 N–H and O–H groups in total. The molecular formula is C113H198BNaO15Si. The largest absolute Gasteiger partial charge is 1.00 e. The van der Waals surface area contributed by atoms with Crippen molar-refractivity contribution in [3.05, 3.63) is 23.5 Å². The van der Waals surface area contributed by atoms with E-state index in [4.69, 9.17) is 45.5 Å². The Balaban J connectivity index is 0.000000258. The number of ketones is 3. The minimum Gasteiger partial charge on any atom is -0.547 e. The summed E-state index contributed by atoms with van der Waals surface area (Å²) in [5, 5.41) is 40.6. The maximum Gasteiger partial charge on any atom is 1.00 e. The number of fused-ring (bicyclic) bond motifs is 20. The number of esters is 3. The number of ether oxygens (including phenoxy) is 3. The average molecular weight is 1870 g/mol. The average Bonchev–Trinajstić information content (AvgIpc) is 1.68. The van der Waals surface area contributed by atoms with Gasteiger partial charge in [0.15, 0.2) is 5.78 Å². The van der Waals surface area contributed by atoms with Crippen LogP contribution in [0.3, 0.4) is 0 Å². The quantitative estimate of drug-likeness (QED) is 0.0384. The van der Waals surface area contributed by atoms with Gasteiger partial charge in [0.25, 0.3) is 0 Å². The van der Waals surface area contributed by atoms with Gasteiger partial charge in [-0.15, -0.1) is 0 Å². The number of carboxylic acids is 1. The first kappa shape index (κ1) is 92.1. The molecule has 0 bridgehead atoms. The molecule has 0 aromatic heterocycles. The predicted molar refractivity (Wildman–Crippen MR) is 536 cm³/mol. The maximum absolute atomic E-state index is 14.3. The molecule has 0 aliphatic heterocycles. The van der Waals surface area contributed by atoms with E-state index >= 15 is 0 Å². The molecule has 0 saturated heterocycles. The van der Waals surface area contributed by atoms with Gasteiger partial charge in [-0.3, -0.25) is 33.6 Å². The fraction of sp³-hybridized carbons (Fsp3) is 0.903. The Labute approximate surface area is 846 Å². The standard InChI is InChI=1S/C29H50O3Si.C27H44O4.C27H42O4.C26H42O4.4CH4.BH4.Na/c1-19-13-15-28(3)21(17-19)18-25(32-33(6,7)8)27-23-11-10-22(20(2)9-12-26(30)31-5)29(23,4)16-14-24(27)28;2*1-6-18-22-15-17(28)11-13-27(22,4)21-12-14-26(3)19(16(2)7-10-23(29)31-5)8-9-20(26)24(21)25(18)30;1-5-17-21-14-16(27)10-12-26(21,4)20-11-13-25(3)18(15(2)6-9-22(28)29)7-8-19(25)23(20)24(17)30;;;;;;/h18-24,27H,9-17H2,1-8H3;16-22,24,28H,6-15H2,1-5H3;6,16-17,19-22,24,28H,7-15H2,1-5H3;15-21,23,27H,5-14H2,1-4H3,(H,28,29);5*1H4;/q;;;;;;;;-1;+1/b;;18-6-;;;;;;;/t19-,20-,21+,22?,23?,24?,27?,28+,29-;16-,17-,18-,19?,20?,21?,22+,24?,26-,27-;16-,17-,19?,20?,21?,22+,24?,26-,27-;15-,16-,17-,18?,19?,20?,21+,23?,25-,26-;;;;;;/m1111....../s1/i;2*1D3,6D;1D3,5D;;;;;1D4;/t;6?,16-,17-,18-,19?,20?,21?,22+,24?,26-,27-;m;5?,15-,16-,17-,18?,19?,20?,21+,23?,25-,26-;;;;;;. The number of Topliss-reactive ketones (excluding diaryl/α,β-unsaturated/α-hetero) is 3. The van der Waals surface area contributed by atoms with Crippen LogP contribution in [0.2, 0.25) is 19.6 Å². The topological polar surface area (TPSA) is 237 Å². The molecule has 15 saturated carbocycles. The van der Waals surface area contributed by atoms with Gasteiger partial charge in [0.2, 0.25) is 8.32 Å². The SMILES string of the molecule is C.C.C.C.COC(=O)CC[C@@H](C)C1CCC2C3C(O[Si](C)(C)C)=C[C@@H]4C[C@H](C)CC[C@]4(C)C3CC[C@@]21C.[2H]/C(=C1/C(=O)C2C3CCC([C@H](C)CCC(=O)OC)[C@@]3(C)CCC2[C@@]2(C)CC[C@@H](O)C[C@@H]12)C([2H])([2H])[2H].[2H]C([C@H]1C(=O)C2C3CCC([C@H](C)CCC(=O)O)[C@@]3(C)CCC2[C@@]2(C)CC[C@@H](O)C[C@@H]12)C([2H])([2H])[2H].[2H]C([C@H]1C(=O)C2C3CCC([C@H](C)CCC(=O)OC)[C@@]3(C)CCC2[C@@]2(C)CC[C@@H](O)C[C@@H]12)C([2H])([2H])[2H].[2H][B-]([2H])([2H])[2H].[Na+].